The molecule has 0 amide bonds. The Labute approximate surface area is 129 Å². The molecule has 3 N–H and O–H groups in total. The van der Waals surface area contributed by atoms with Gasteiger partial charge in [0.1, 0.15) is 5.75 Å². The number of aromatic hydroxyl groups is 1. The number of phenolic OH excluding ortho intramolecular Hbond substituents is 1. The van der Waals surface area contributed by atoms with Crippen molar-refractivity contribution < 1.29 is 20.1 Å². The van der Waals surface area contributed by atoms with Crippen LogP contribution in [-0.4, -0.2) is 33.8 Å². The molecule has 5 heteroatoms. The quantitative estimate of drug-likeness (QED) is 0.509. The molecule has 0 saturated heterocycles. The minimum absolute atomic E-state index is 0.0615. The number of aliphatic hydroxyl groups is 2. The minimum Gasteiger partial charge on any atom is -0.506 e. The van der Waals surface area contributed by atoms with E-state index in [1.54, 1.807) is 6.07 Å². The number of rotatable bonds is 8. The van der Waals surface area contributed by atoms with Gasteiger partial charge in [0.05, 0.1) is 22.8 Å². The fourth-order valence-electron chi connectivity index (χ4n) is 1.97. The highest BCUT2D eigenvalue weighted by molar-refractivity contribution is 6.32. The number of hydrogen-bond donors (Lipinski definition) is 3. The van der Waals surface area contributed by atoms with E-state index in [1.165, 1.54) is 18.2 Å². The van der Waals surface area contributed by atoms with Crippen LogP contribution >= 0.6 is 11.6 Å². The molecule has 0 radical (unpaired) electrons. The number of benzene rings is 1. The van der Waals surface area contributed by atoms with E-state index in [2.05, 4.69) is 6.92 Å². The Bertz CT molecular complexity index is 499. The zero-order chi connectivity index (χ0) is 15.8. The molecule has 1 aromatic rings. The Morgan fingerprint density at radius 2 is 2.00 bits per heavy atom. The largest absolute Gasteiger partial charge is 0.506 e. The number of carbonyl (C=O) groups is 1. The Morgan fingerprint density at radius 1 is 1.29 bits per heavy atom. The smallest absolute Gasteiger partial charge is 0.154 e. The van der Waals surface area contributed by atoms with Crippen LogP contribution in [0.4, 0.5) is 0 Å². The summed E-state index contributed by atoms with van der Waals surface area (Å²) in [6.45, 7) is 2.07. The number of phenols is 1. The first-order chi connectivity index (χ1) is 10.0. The molecule has 0 spiro atoms. The van der Waals surface area contributed by atoms with Crippen molar-refractivity contribution in [3.8, 4) is 5.75 Å². The maximum Gasteiger partial charge on any atom is 0.154 e. The van der Waals surface area contributed by atoms with Crippen molar-refractivity contribution in [2.75, 3.05) is 0 Å². The molecule has 0 saturated carbocycles. The molecule has 0 aromatic heterocycles. The van der Waals surface area contributed by atoms with E-state index in [1.807, 2.05) is 0 Å². The molecule has 0 unspecified atom stereocenters. The molecule has 0 aliphatic heterocycles. The number of carbonyl (C=O) groups excluding carboxylic acids is 1. The minimum atomic E-state index is -1.01. The van der Waals surface area contributed by atoms with Gasteiger partial charge in [0.2, 0.25) is 0 Å². The molecular formula is C16H21ClO4. The van der Waals surface area contributed by atoms with Gasteiger partial charge in [-0.05, 0) is 18.1 Å². The number of halogens is 1. The average Bonchev–Trinajstić information content (AvgIpc) is 2.48. The van der Waals surface area contributed by atoms with Gasteiger partial charge in [-0.2, -0.15) is 0 Å². The van der Waals surface area contributed by atoms with Crippen LogP contribution in [0.1, 0.15) is 48.5 Å². The monoisotopic (exact) mass is 312 g/mol. The molecule has 0 heterocycles. The second-order valence-corrected chi connectivity index (χ2v) is 5.34. The van der Waals surface area contributed by atoms with E-state index >= 15 is 0 Å². The second-order valence-electron chi connectivity index (χ2n) is 4.93. The van der Waals surface area contributed by atoms with E-state index in [0.29, 0.717) is 18.3 Å². The maximum absolute atomic E-state index is 11.0. The van der Waals surface area contributed by atoms with E-state index in [9.17, 15) is 20.1 Å². The van der Waals surface area contributed by atoms with Crippen molar-refractivity contribution in [1.82, 2.24) is 0 Å². The van der Waals surface area contributed by atoms with Gasteiger partial charge in [0.15, 0.2) is 6.29 Å². The van der Waals surface area contributed by atoms with Gasteiger partial charge >= 0.3 is 0 Å². The summed E-state index contributed by atoms with van der Waals surface area (Å²) in [5, 5.41) is 29.4. The predicted molar refractivity (Wildman–Crippen MR) is 83.7 cm³/mol. The zero-order valence-electron chi connectivity index (χ0n) is 12.0. The van der Waals surface area contributed by atoms with Crippen molar-refractivity contribution in [2.24, 2.45) is 0 Å². The Balaban J connectivity index is 2.76. The Hall–Kier alpha value is -1.36. The average molecular weight is 313 g/mol. The predicted octanol–water partition coefficient (Wildman–Crippen LogP) is 3.17. The molecule has 116 valence electrons. The third-order valence-corrected chi connectivity index (χ3v) is 3.60. The molecule has 1 rings (SSSR count). The van der Waals surface area contributed by atoms with Crippen LogP contribution in [-0.2, 0) is 0 Å². The summed E-state index contributed by atoms with van der Waals surface area (Å²) in [5.74, 6) is -0.285. The number of aldehydes is 1. The van der Waals surface area contributed by atoms with Crippen LogP contribution in [0.5, 0.6) is 5.75 Å². The summed E-state index contributed by atoms with van der Waals surface area (Å²) in [7, 11) is 0. The summed E-state index contributed by atoms with van der Waals surface area (Å²) in [6.07, 6.45) is 4.98. The van der Waals surface area contributed by atoms with E-state index in [4.69, 9.17) is 11.6 Å². The second kappa shape index (κ2) is 8.82. The van der Waals surface area contributed by atoms with Gasteiger partial charge in [-0.3, -0.25) is 4.79 Å². The highest BCUT2D eigenvalue weighted by atomic mass is 35.5. The number of aliphatic hydroxyl groups excluding tert-OH is 2. The molecule has 4 nitrogen and oxygen atoms in total. The number of hydrogen-bond acceptors (Lipinski definition) is 4. The third kappa shape index (κ3) is 5.16. The summed E-state index contributed by atoms with van der Waals surface area (Å²) in [5.41, 5.74) is 0.498. The lowest BCUT2D eigenvalue weighted by Crippen LogP contribution is -2.23. The molecule has 1 aromatic carbocycles. The van der Waals surface area contributed by atoms with Crippen molar-refractivity contribution in [3.05, 3.63) is 34.4 Å². The summed E-state index contributed by atoms with van der Waals surface area (Å²) in [6, 6.07) is 3.03. The first kappa shape index (κ1) is 17.7. The zero-order valence-corrected chi connectivity index (χ0v) is 12.8. The molecule has 0 aliphatic carbocycles. The lowest BCUT2D eigenvalue weighted by Gasteiger charge is -2.14. The summed E-state index contributed by atoms with van der Waals surface area (Å²) in [4.78, 5) is 11.0. The third-order valence-electron chi connectivity index (χ3n) is 3.29. The fourth-order valence-corrected chi connectivity index (χ4v) is 2.14. The van der Waals surface area contributed by atoms with E-state index in [0.717, 1.165) is 19.3 Å². The van der Waals surface area contributed by atoms with Crippen LogP contribution in [0.2, 0.25) is 5.02 Å². The normalized spacial score (nSPS) is 14.3. The van der Waals surface area contributed by atoms with Gasteiger partial charge in [0.25, 0.3) is 0 Å². The van der Waals surface area contributed by atoms with Crippen LogP contribution < -0.4 is 0 Å². The highest BCUT2D eigenvalue weighted by Gasteiger charge is 2.13. The summed E-state index contributed by atoms with van der Waals surface area (Å²) >= 11 is 5.73. The van der Waals surface area contributed by atoms with E-state index < -0.39 is 12.2 Å². The van der Waals surface area contributed by atoms with Crippen LogP contribution in [0.3, 0.4) is 0 Å². The first-order valence-corrected chi connectivity index (χ1v) is 7.40. The summed E-state index contributed by atoms with van der Waals surface area (Å²) < 4.78 is 0. The lowest BCUT2D eigenvalue weighted by molar-refractivity contribution is 0.0420. The molecule has 0 aliphatic rings. The fraction of sp³-hybridized carbons (Fsp3) is 0.438. The van der Waals surface area contributed by atoms with Gasteiger partial charge in [0, 0.05) is 0 Å². The van der Waals surface area contributed by atoms with Crippen LogP contribution in [0.25, 0.3) is 6.08 Å². The Kier molecular flexibility index (Phi) is 7.43. The topological polar surface area (TPSA) is 77.8 Å². The van der Waals surface area contributed by atoms with Crippen molar-refractivity contribution in [3.63, 3.8) is 0 Å². The molecule has 2 atom stereocenters. The highest BCUT2D eigenvalue weighted by Crippen LogP contribution is 2.29. The molecule has 0 fully saturated rings. The van der Waals surface area contributed by atoms with Crippen molar-refractivity contribution in [1.29, 1.82) is 0 Å². The van der Waals surface area contributed by atoms with E-state index in [-0.39, 0.29) is 16.3 Å². The molecular weight excluding hydrogens is 292 g/mol. The lowest BCUT2D eigenvalue weighted by atomic mass is 10.0. The van der Waals surface area contributed by atoms with Gasteiger partial charge in [-0.25, -0.2) is 0 Å². The van der Waals surface area contributed by atoms with Crippen molar-refractivity contribution >= 4 is 24.0 Å². The Morgan fingerprint density at radius 3 is 2.62 bits per heavy atom. The molecule has 0 bridgehead atoms. The standard InChI is InChI=1S/C16H21ClO4/c1-2-3-4-5-14(19)15(20)9-7-11-6-8-13(17)16(21)12(11)10-18/h6-10,14-15,19-21H,2-5H2,1H3/b9-7+/t14-,15+/m0/s1. The van der Waals surface area contributed by atoms with Gasteiger partial charge < -0.3 is 15.3 Å². The van der Waals surface area contributed by atoms with Gasteiger partial charge in [-0.1, -0.05) is 56.0 Å². The number of unbranched alkanes of at least 4 members (excludes halogenated alkanes) is 2. The SMILES string of the molecule is CCCCC[C@H](O)[C@H](O)/C=C/c1ccc(Cl)c(O)c1C=O. The van der Waals surface area contributed by atoms with Crippen LogP contribution in [0.15, 0.2) is 18.2 Å². The van der Waals surface area contributed by atoms with Crippen molar-refractivity contribution in [2.45, 2.75) is 44.8 Å². The molecule has 21 heavy (non-hydrogen) atoms. The van der Waals surface area contributed by atoms with Crippen LogP contribution in [0, 0.1) is 0 Å². The maximum atomic E-state index is 11.0. The van der Waals surface area contributed by atoms with Gasteiger partial charge in [-0.15, -0.1) is 0 Å². The first-order valence-electron chi connectivity index (χ1n) is 7.02.